The van der Waals surface area contributed by atoms with Gasteiger partial charge in [0.15, 0.2) is 0 Å². The Labute approximate surface area is 140 Å². The fraction of sp³-hybridized carbons (Fsp3) is 0.611. The van der Waals surface area contributed by atoms with Gasteiger partial charge < -0.3 is 10.6 Å². The van der Waals surface area contributed by atoms with Crippen LogP contribution in [-0.2, 0) is 11.2 Å². The summed E-state index contributed by atoms with van der Waals surface area (Å²) in [4.78, 5) is 12.4. The topological polar surface area (TPSA) is 41.1 Å². The maximum absolute atomic E-state index is 12.4. The summed E-state index contributed by atoms with van der Waals surface area (Å²) in [6, 6.07) is 10.8. The molecule has 0 radical (unpaired) electrons. The Morgan fingerprint density at radius 1 is 1.32 bits per heavy atom. The Morgan fingerprint density at radius 2 is 2.05 bits per heavy atom. The number of piperidine rings is 1. The lowest BCUT2D eigenvalue weighted by atomic mass is 9.85. The Balaban J connectivity index is 0.00000242. The van der Waals surface area contributed by atoms with Crippen molar-refractivity contribution in [3.63, 3.8) is 0 Å². The van der Waals surface area contributed by atoms with Crippen LogP contribution in [0.15, 0.2) is 30.3 Å². The summed E-state index contributed by atoms with van der Waals surface area (Å²) in [6.45, 7) is 6.10. The monoisotopic (exact) mass is 324 g/mol. The minimum Gasteiger partial charge on any atom is -0.352 e. The highest BCUT2D eigenvalue weighted by Crippen LogP contribution is 2.24. The smallest absolute Gasteiger partial charge is 0.225 e. The van der Waals surface area contributed by atoms with E-state index in [9.17, 15) is 4.79 Å². The van der Waals surface area contributed by atoms with Crippen molar-refractivity contribution < 1.29 is 4.79 Å². The normalized spacial score (nSPS) is 18.4. The molecule has 1 saturated heterocycles. The molecule has 2 rings (SSSR count). The van der Waals surface area contributed by atoms with E-state index in [0.29, 0.717) is 6.04 Å². The molecule has 1 aromatic rings. The first-order valence-electron chi connectivity index (χ1n) is 8.13. The van der Waals surface area contributed by atoms with E-state index in [4.69, 9.17) is 0 Å². The number of carbonyl (C=O) groups excluding carboxylic acids is 1. The van der Waals surface area contributed by atoms with Crippen molar-refractivity contribution in [3.05, 3.63) is 35.9 Å². The Kier molecular flexibility index (Phi) is 7.91. The fourth-order valence-electron chi connectivity index (χ4n) is 2.85. The molecule has 1 amide bonds. The number of amides is 1. The van der Waals surface area contributed by atoms with Crippen molar-refractivity contribution in [2.24, 2.45) is 5.41 Å². The molecule has 1 aromatic carbocycles. The maximum atomic E-state index is 12.4. The highest BCUT2D eigenvalue weighted by atomic mass is 35.5. The number of hydrogen-bond acceptors (Lipinski definition) is 2. The predicted molar refractivity (Wildman–Crippen MR) is 94.4 cm³/mol. The van der Waals surface area contributed by atoms with E-state index >= 15 is 0 Å². The van der Waals surface area contributed by atoms with Crippen LogP contribution in [0.5, 0.6) is 0 Å². The van der Waals surface area contributed by atoms with Crippen molar-refractivity contribution >= 4 is 18.3 Å². The maximum Gasteiger partial charge on any atom is 0.225 e. The average Bonchev–Trinajstić information content (AvgIpc) is 2.49. The van der Waals surface area contributed by atoms with Gasteiger partial charge in [-0.2, -0.15) is 0 Å². The van der Waals surface area contributed by atoms with Gasteiger partial charge in [0.25, 0.3) is 0 Å². The van der Waals surface area contributed by atoms with Gasteiger partial charge in [0, 0.05) is 18.0 Å². The minimum atomic E-state index is -0.285. The third kappa shape index (κ3) is 5.98. The second kappa shape index (κ2) is 9.16. The average molecular weight is 325 g/mol. The summed E-state index contributed by atoms with van der Waals surface area (Å²) in [6.07, 6.45) is 5.27. The van der Waals surface area contributed by atoms with Gasteiger partial charge in [-0.3, -0.25) is 4.79 Å². The summed E-state index contributed by atoms with van der Waals surface area (Å²) >= 11 is 0. The van der Waals surface area contributed by atoms with Crippen LogP contribution in [0.3, 0.4) is 0 Å². The van der Waals surface area contributed by atoms with Gasteiger partial charge in [-0.15, -0.1) is 12.4 Å². The number of nitrogens with one attached hydrogen (secondary N) is 2. The summed E-state index contributed by atoms with van der Waals surface area (Å²) in [5.41, 5.74) is 1.07. The van der Waals surface area contributed by atoms with E-state index in [1.54, 1.807) is 0 Å². The molecule has 1 aliphatic rings. The van der Waals surface area contributed by atoms with E-state index in [1.807, 2.05) is 6.07 Å². The molecule has 1 aliphatic heterocycles. The molecule has 0 spiro atoms. The SMILES string of the molecule is CC(C)(CCCc1ccccc1)C(=O)NC1CCCNC1.Cl. The molecule has 2 N–H and O–H groups in total. The third-order valence-corrected chi connectivity index (χ3v) is 4.36. The molecule has 0 aromatic heterocycles. The van der Waals surface area contributed by atoms with Crippen LogP contribution >= 0.6 is 12.4 Å². The number of benzene rings is 1. The predicted octanol–water partition coefficient (Wildman–Crippen LogP) is 3.33. The molecule has 1 fully saturated rings. The van der Waals surface area contributed by atoms with Crippen LogP contribution in [-0.4, -0.2) is 25.0 Å². The van der Waals surface area contributed by atoms with Crippen molar-refractivity contribution in [1.29, 1.82) is 0 Å². The van der Waals surface area contributed by atoms with E-state index in [1.165, 1.54) is 5.56 Å². The first-order valence-corrected chi connectivity index (χ1v) is 8.13. The van der Waals surface area contributed by atoms with E-state index in [0.717, 1.165) is 45.2 Å². The van der Waals surface area contributed by atoms with Crippen LogP contribution in [0, 0.1) is 5.41 Å². The zero-order valence-electron chi connectivity index (χ0n) is 13.7. The third-order valence-electron chi connectivity index (χ3n) is 4.36. The van der Waals surface area contributed by atoms with E-state index in [2.05, 4.69) is 48.7 Å². The van der Waals surface area contributed by atoms with E-state index < -0.39 is 0 Å². The number of hydrogen-bond donors (Lipinski definition) is 2. The van der Waals surface area contributed by atoms with Gasteiger partial charge in [-0.25, -0.2) is 0 Å². The molecule has 1 heterocycles. The standard InChI is InChI=1S/C18H28N2O.ClH/c1-18(2,12-6-10-15-8-4-3-5-9-15)17(21)20-16-11-7-13-19-14-16;/h3-5,8-9,16,19H,6-7,10-14H2,1-2H3,(H,20,21);1H. The Morgan fingerprint density at radius 3 is 2.68 bits per heavy atom. The van der Waals surface area contributed by atoms with Gasteiger partial charge in [-0.1, -0.05) is 44.2 Å². The second-order valence-corrected chi connectivity index (χ2v) is 6.74. The fourth-order valence-corrected chi connectivity index (χ4v) is 2.85. The van der Waals surface area contributed by atoms with Gasteiger partial charge in [0.2, 0.25) is 5.91 Å². The molecule has 1 unspecified atom stereocenters. The van der Waals surface area contributed by atoms with Gasteiger partial charge >= 0.3 is 0 Å². The zero-order chi connectivity index (χ0) is 15.1. The first-order chi connectivity index (χ1) is 10.1. The minimum absolute atomic E-state index is 0. The Hall–Kier alpha value is -1.06. The zero-order valence-corrected chi connectivity index (χ0v) is 14.5. The van der Waals surface area contributed by atoms with Crippen LogP contribution in [0.25, 0.3) is 0 Å². The quantitative estimate of drug-likeness (QED) is 0.842. The number of aryl methyl sites for hydroxylation is 1. The molecule has 22 heavy (non-hydrogen) atoms. The summed E-state index contributed by atoms with van der Waals surface area (Å²) in [5.74, 6) is 0.198. The lowest BCUT2D eigenvalue weighted by molar-refractivity contribution is -0.130. The highest BCUT2D eigenvalue weighted by Gasteiger charge is 2.29. The van der Waals surface area contributed by atoms with E-state index in [-0.39, 0.29) is 23.7 Å². The summed E-state index contributed by atoms with van der Waals surface area (Å²) in [5, 5.41) is 6.55. The molecular formula is C18H29ClN2O. The summed E-state index contributed by atoms with van der Waals surface area (Å²) in [7, 11) is 0. The molecule has 0 saturated carbocycles. The molecule has 1 atom stereocenters. The molecule has 0 bridgehead atoms. The lowest BCUT2D eigenvalue weighted by Gasteiger charge is -2.29. The first kappa shape index (κ1) is 19.0. The summed E-state index contributed by atoms with van der Waals surface area (Å²) < 4.78 is 0. The Bertz CT molecular complexity index is 442. The van der Waals surface area contributed by atoms with Crippen LogP contribution in [0.1, 0.15) is 45.1 Å². The van der Waals surface area contributed by atoms with Crippen molar-refractivity contribution in [1.82, 2.24) is 10.6 Å². The molecular weight excluding hydrogens is 296 g/mol. The number of rotatable bonds is 6. The highest BCUT2D eigenvalue weighted by molar-refractivity contribution is 5.85. The molecule has 0 aliphatic carbocycles. The second-order valence-electron chi connectivity index (χ2n) is 6.74. The molecule has 4 heteroatoms. The van der Waals surface area contributed by atoms with Gasteiger partial charge in [-0.05, 0) is 44.2 Å². The lowest BCUT2D eigenvalue weighted by Crippen LogP contribution is -2.49. The molecule has 124 valence electrons. The number of halogens is 1. The van der Waals surface area contributed by atoms with Crippen molar-refractivity contribution in [2.75, 3.05) is 13.1 Å². The number of carbonyl (C=O) groups is 1. The van der Waals surface area contributed by atoms with Crippen molar-refractivity contribution in [2.45, 2.75) is 52.0 Å². The van der Waals surface area contributed by atoms with Crippen LogP contribution < -0.4 is 10.6 Å². The largest absolute Gasteiger partial charge is 0.352 e. The van der Waals surface area contributed by atoms with Crippen LogP contribution in [0.2, 0.25) is 0 Å². The van der Waals surface area contributed by atoms with Crippen LogP contribution in [0.4, 0.5) is 0 Å². The van der Waals surface area contributed by atoms with Crippen molar-refractivity contribution in [3.8, 4) is 0 Å². The van der Waals surface area contributed by atoms with Gasteiger partial charge in [0.1, 0.15) is 0 Å². The van der Waals surface area contributed by atoms with Gasteiger partial charge in [0.05, 0.1) is 0 Å². The molecule has 3 nitrogen and oxygen atoms in total.